The Morgan fingerprint density at radius 1 is 0.850 bits per heavy atom. The van der Waals surface area contributed by atoms with Gasteiger partial charge in [0.1, 0.15) is 22.8 Å². The number of carbonyl (C=O) groups is 2. The molecule has 0 fully saturated rings. The lowest BCUT2D eigenvalue weighted by Gasteiger charge is -2.11. The van der Waals surface area contributed by atoms with Crippen LogP contribution in [0.5, 0.6) is 0 Å². The van der Waals surface area contributed by atoms with E-state index in [0.717, 1.165) is 18.5 Å². The van der Waals surface area contributed by atoms with Gasteiger partial charge in [0.25, 0.3) is 0 Å². The van der Waals surface area contributed by atoms with E-state index in [1.807, 2.05) is 61.0 Å². The second kappa shape index (κ2) is 15.9. The van der Waals surface area contributed by atoms with Gasteiger partial charge >= 0.3 is 11.9 Å². The molecule has 0 aliphatic carbocycles. The normalized spacial score (nSPS) is 10.2. The number of hydrogen-bond acceptors (Lipinski definition) is 11. The molecule has 2 aromatic heterocycles. The van der Waals surface area contributed by atoms with E-state index in [0.29, 0.717) is 34.1 Å². The van der Waals surface area contributed by atoms with E-state index in [9.17, 15) is 9.59 Å². The lowest BCUT2D eigenvalue weighted by molar-refractivity contribution is 0.0526. The number of esters is 1. The van der Waals surface area contributed by atoms with E-state index in [2.05, 4.69) is 75.8 Å². The molecule has 2 aromatic carbocycles. The fourth-order valence-electron chi connectivity index (χ4n) is 3.04. The first-order valence-corrected chi connectivity index (χ1v) is 16.1. The third-order valence-electron chi connectivity index (χ3n) is 4.80. The van der Waals surface area contributed by atoms with E-state index < -0.39 is 11.9 Å². The first kappa shape index (κ1) is 31.8. The van der Waals surface area contributed by atoms with Crippen molar-refractivity contribution in [3.63, 3.8) is 0 Å². The predicted molar refractivity (Wildman–Crippen MR) is 175 cm³/mol. The number of anilines is 4. The van der Waals surface area contributed by atoms with Crippen molar-refractivity contribution in [1.29, 1.82) is 0 Å². The van der Waals surface area contributed by atoms with Gasteiger partial charge in [-0.2, -0.15) is 0 Å². The second-order valence-electron chi connectivity index (χ2n) is 7.53. The summed E-state index contributed by atoms with van der Waals surface area (Å²) in [4.78, 5) is 39.8. The number of carbonyl (C=O) groups excluding carboxylic acids is 1. The highest BCUT2D eigenvalue weighted by molar-refractivity contribution is 14.1. The molecule has 0 spiro atoms. The summed E-state index contributed by atoms with van der Waals surface area (Å²) in [5.74, 6) is -0.734. The van der Waals surface area contributed by atoms with E-state index in [1.165, 1.54) is 35.9 Å². The van der Waals surface area contributed by atoms with Gasteiger partial charge in [0.2, 0.25) is 0 Å². The van der Waals surface area contributed by atoms with Crippen LogP contribution in [0.15, 0.2) is 71.2 Å². The molecule has 0 unspecified atom stereocenters. The molecule has 4 aromatic rings. The zero-order chi connectivity index (χ0) is 29.1. The lowest BCUT2D eigenvalue weighted by atomic mass is 10.2. The molecule has 0 aliphatic heterocycles. The van der Waals surface area contributed by atoms with Crippen molar-refractivity contribution in [3.05, 3.63) is 79.2 Å². The zero-order valence-electron chi connectivity index (χ0n) is 21.5. The van der Waals surface area contributed by atoms with Gasteiger partial charge in [-0.05, 0) is 101 Å². The molecule has 3 N–H and O–H groups in total. The average Bonchev–Trinajstić information content (AvgIpc) is 2.93. The minimum atomic E-state index is -1.05. The Bertz CT molecular complexity index is 1500. The van der Waals surface area contributed by atoms with Crippen LogP contribution in [0.3, 0.4) is 0 Å². The summed E-state index contributed by atoms with van der Waals surface area (Å²) in [5, 5.41) is 16.4. The maximum absolute atomic E-state index is 12.0. The first-order chi connectivity index (χ1) is 19.2. The number of nitrogens with one attached hydrogen (secondary N) is 2. The van der Waals surface area contributed by atoms with Crippen LogP contribution in [-0.4, -0.2) is 56.1 Å². The number of aromatic carboxylic acids is 1. The Morgan fingerprint density at radius 3 is 1.75 bits per heavy atom. The van der Waals surface area contributed by atoms with Crippen molar-refractivity contribution in [1.82, 2.24) is 19.9 Å². The summed E-state index contributed by atoms with van der Waals surface area (Å²) in [6, 6.07) is 15.4. The van der Waals surface area contributed by atoms with Gasteiger partial charge < -0.3 is 20.5 Å². The van der Waals surface area contributed by atoms with Crippen LogP contribution in [0.4, 0.5) is 23.0 Å². The van der Waals surface area contributed by atoms with Gasteiger partial charge in [-0.25, -0.2) is 29.5 Å². The van der Waals surface area contributed by atoms with Crippen molar-refractivity contribution >= 4 is 104 Å². The van der Waals surface area contributed by atoms with Crippen molar-refractivity contribution in [3.8, 4) is 0 Å². The minimum absolute atomic E-state index is 0.0525. The number of ether oxygens (including phenoxy) is 1. The van der Waals surface area contributed by atoms with Gasteiger partial charge in [-0.1, -0.05) is 35.7 Å². The van der Waals surface area contributed by atoms with Crippen LogP contribution in [0.1, 0.15) is 27.6 Å². The van der Waals surface area contributed by atoms with Crippen LogP contribution in [0, 0.1) is 7.14 Å². The van der Waals surface area contributed by atoms with Crippen molar-refractivity contribution in [2.75, 3.05) is 29.8 Å². The van der Waals surface area contributed by atoms with Crippen LogP contribution < -0.4 is 10.6 Å². The number of rotatable bonds is 9. The summed E-state index contributed by atoms with van der Waals surface area (Å²) >= 11 is 7.20. The van der Waals surface area contributed by atoms with Crippen molar-refractivity contribution < 1.29 is 19.4 Å². The molecule has 0 aliphatic rings. The fraction of sp³-hybridized carbons (Fsp3) is 0.154. The molecule has 0 saturated heterocycles. The monoisotopic (exact) mass is 802 g/mol. The summed E-state index contributed by atoms with van der Waals surface area (Å²) < 4.78 is 7.18. The Balaban J connectivity index is 0.000000222. The van der Waals surface area contributed by atoms with Crippen molar-refractivity contribution in [2.24, 2.45) is 0 Å². The van der Waals surface area contributed by atoms with Crippen LogP contribution in [-0.2, 0) is 4.74 Å². The molecule has 14 heteroatoms. The Labute approximate surface area is 267 Å². The molecule has 0 saturated carbocycles. The highest BCUT2D eigenvalue weighted by atomic mass is 127. The van der Waals surface area contributed by atoms with E-state index >= 15 is 0 Å². The quantitative estimate of drug-likeness (QED) is 0.0698. The van der Waals surface area contributed by atoms with Gasteiger partial charge in [0, 0.05) is 30.9 Å². The molecule has 40 heavy (non-hydrogen) atoms. The third-order valence-corrected chi connectivity index (χ3v) is 7.26. The molecular formula is C26H24I2N6O4S2. The number of carboxylic acid groups (broad SMARTS) is 1. The first-order valence-electron chi connectivity index (χ1n) is 11.5. The molecule has 0 radical (unpaired) electrons. The van der Waals surface area contributed by atoms with E-state index in [4.69, 9.17) is 9.84 Å². The Hall–Kier alpha value is -2.70. The average molecular weight is 802 g/mol. The van der Waals surface area contributed by atoms with Gasteiger partial charge in [0.15, 0.2) is 10.3 Å². The largest absolute Gasteiger partial charge is 0.477 e. The molecule has 4 rings (SSSR count). The smallest absolute Gasteiger partial charge is 0.343 e. The third kappa shape index (κ3) is 9.45. The number of aromatic nitrogens is 4. The minimum Gasteiger partial charge on any atom is -0.477 e. The summed E-state index contributed by atoms with van der Waals surface area (Å²) in [6.07, 6.45) is 6.53. The predicted octanol–water partition coefficient (Wildman–Crippen LogP) is 6.97. The van der Waals surface area contributed by atoms with Gasteiger partial charge in [-0.15, -0.1) is 0 Å². The molecule has 2 heterocycles. The molecule has 0 bridgehead atoms. The second-order valence-corrected chi connectivity index (χ2v) is 11.6. The maximum Gasteiger partial charge on any atom is 0.343 e. The van der Waals surface area contributed by atoms with E-state index in [1.54, 1.807) is 6.92 Å². The number of nitrogens with zero attached hydrogens (tertiary/aromatic N) is 4. The zero-order valence-corrected chi connectivity index (χ0v) is 27.5. The standard InChI is InChI=1S/C14H14IN3O2S.C12H10IN3O2S/c1-3-20-13(19)11-8-16-14(21-2)18-12(11)17-10-6-4-5-9(15)7-10;1-19-12-14-6-9(11(17)18)10(16-12)15-8-4-2-3-7(13)5-8/h4-8H,3H2,1-2H3,(H,16,17,18);2-6H,1H3,(H,17,18)(H,14,15,16). The number of carboxylic acids is 1. The summed E-state index contributed by atoms with van der Waals surface area (Å²) in [5.41, 5.74) is 2.03. The highest BCUT2D eigenvalue weighted by Gasteiger charge is 2.16. The molecule has 0 atom stereocenters. The molecule has 0 amide bonds. The van der Waals surface area contributed by atoms with Crippen molar-refractivity contribution in [2.45, 2.75) is 17.2 Å². The summed E-state index contributed by atoms with van der Waals surface area (Å²) in [7, 11) is 0. The number of thioether (sulfide) groups is 2. The summed E-state index contributed by atoms with van der Waals surface area (Å²) in [6.45, 7) is 2.08. The number of benzene rings is 2. The highest BCUT2D eigenvalue weighted by Crippen LogP contribution is 2.24. The Kier molecular flexibility index (Phi) is 12.7. The fourth-order valence-corrected chi connectivity index (χ4v) is 4.81. The molecule has 208 valence electrons. The van der Waals surface area contributed by atoms with Crippen LogP contribution in [0.2, 0.25) is 0 Å². The SMILES string of the molecule is CCOC(=O)c1cnc(SC)nc1Nc1cccc(I)c1.CSc1ncc(C(=O)O)c(Nc2cccc(I)c2)n1. The van der Waals surface area contributed by atoms with Gasteiger partial charge in [-0.3, -0.25) is 0 Å². The Morgan fingerprint density at radius 2 is 1.32 bits per heavy atom. The van der Waals surface area contributed by atoms with Gasteiger partial charge in [0.05, 0.1) is 6.61 Å². The topological polar surface area (TPSA) is 139 Å². The number of hydrogen-bond donors (Lipinski definition) is 3. The molecule has 10 nitrogen and oxygen atoms in total. The number of halogens is 2. The van der Waals surface area contributed by atoms with Crippen LogP contribution >= 0.6 is 68.7 Å². The lowest BCUT2D eigenvalue weighted by Crippen LogP contribution is -2.10. The maximum atomic E-state index is 12.0. The van der Waals surface area contributed by atoms with Crippen LogP contribution in [0.25, 0.3) is 0 Å². The van der Waals surface area contributed by atoms with E-state index in [-0.39, 0.29) is 5.56 Å². The molecular weight excluding hydrogens is 778 g/mol.